The van der Waals surface area contributed by atoms with Gasteiger partial charge in [-0.3, -0.25) is 4.98 Å². The molecule has 102 valence electrons. The highest BCUT2D eigenvalue weighted by Gasteiger charge is 2.12. The van der Waals surface area contributed by atoms with Crippen LogP contribution in [0.3, 0.4) is 0 Å². The molecule has 0 fully saturated rings. The maximum absolute atomic E-state index is 11.3. The summed E-state index contributed by atoms with van der Waals surface area (Å²) in [6, 6.07) is 7.10. The Hall–Kier alpha value is -1.33. The highest BCUT2D eigenvalue weighted by atomic mass is 35.5. The van der Waals surface area contributed by atoms with Gasteiger partial charge in [0.05, 0.1) is 22.0 Å². The van der Waals surface area contributed by atoms with Crippen LogP contribution in [0.25, 0.3) is 10.9 Å². The van der Waals surface area contributed by atoms with Crippen LogP contribution in [0.1, 0.15) is 6.92 Å². The lowest BCUT2D eigenvalue weighted by Crippen LogP contribution is -2.25. The standard InChI is InChI=1S/C13H15ClN2O2S/c1-9(8-19(2,17)18)16-12-6-5-11(14)10-4-3-7-15-13(10)12/h3-7,9,16H,8H2,1-2H3. The van der Waals surface area contributed by atoms with Crippen molar-refractivity contribution in [2.45, 2.75) is 13.0 Å². The number of halogens is 1. The zero-order valence-electron chi connectivity index (χ0n) is 10.7. The average Bonchev–Trinajstić information content (AvgIpc) is 2.31. The smallest absolute Gasteiger partial charge is 0.149 e. The summed E-state index contributed by atoms with van der Waals surface area (Å²) in [5.41, 5.74) is 1.53. The van der Waals surface area contributed by atoms with Crippen molar-refractivity contribution >= 4 is 38.0 Å². The largest absolute Gasteiger partial charge is 0.380 e. The number of anilines is 1. The van der Waals surface area contributed by atoms with Gasteiger partial charge < -0.3 is 5.32 Å². The van der Waals surface area contributed by atoms with E-state index in [1.165, 1.54) is 6.26 Å². The molecule has 1 aromatic carbocycles. The van der Waals surface area contributed by atoms with Gasteiger partial charge in [-0.05, 0) is 31.2 Å². The van der Waals surface area contributed by atoms with E-state index in [9.17, 15) is 8.42 Å². The molecule has 1 N–H and O–H groups in total. The van der Waals surface area contributed by atoms with Crippen LogP contribution in [0.15, 0.2) is 30.5 Å². The van der Waals surface area contributed by atoms with Gasteiger partial charge in [0.25, 0.3) is 0 Å². The second-order valence-electron chi connectivity index (χ2n) is 4.63. The molecule has 0 bridgehead atoms. The van der Waals surface area contributed by atoms with Crippen molar-refractivity contribution < 1.29 is 8.42 Å². The van der Waals surface area contributed by atoms with Crippen molar-refractivity contribution in [3.05, 3.63) is 35.5 Å². The average molecular weight is 299 g/mol. The lowest BCUT2D eigenvalue weighted by molar-refractivity contribution is 0.598. The zero-order valence-corrected chi connectivity index (χ0v) is 12.3. The van der Waals surface area contributed by atoms with Crippen LogP contribution in [0.2, 0.25) is 5.02 Å². The number of hydrogen-bond acceptors (Lipinski definition) is 4. The highest BCUT2D eigenvalue weighted by molar-refractivity contribution is 7.90. The SMILES string of the molecule is CC(CS(C)(=O)=O)Nc1ccc(Cl)c2cccnc12. The Kier molecular flexibility index (Phi) is 3.96. The van der Waals surface area contributed by atoms with Crippen LogP contribution in [-0.4, -0.2) is 31.5 Å². The third-order valence-corrected chi connectivity index (χ3v) is 4.11. The van der Waals surface area contributed by atoms with E-state index >= 15 is 0 Å². The Morgan fingerprint density at radius 2 is 2.11 bits per heavy atom. The number of aromatic nitrogens is 1. The minimum atomic E-state index is -3.01. The van der Waals surface area contributed by atoms with E-state index in [0.29, 0.717) is 5.02 Å². The van der Waals surface area contributed by atoms with E-state index < -0.39 is 9.84 Å². The molecule has 1 unspecified atom stereocenters. The molecule has 2 rings (SSSR count). The van der Waals surface area contributed by atoms with Gasteiger partial charge in [0, 0.05) is 23.9 Å². The number of benzene rings is 1. The lowest BCUT2D eigenvalue weighted by Gasteiger charge is -2.16. The summed E-state index contributed by atoms with van der Waals surface area (Å²) in [4.78, 5) is 4.30. The van der Waals surface area contributed by atoms with Gasteiger partial charge in [-0.25, -0.2) is 8.42 Å². The first-order valence-corrected chi connectivity index (χ1v) is 8.28. The minimum Gasteiger partial charge on any atom is -0.380 e. The summed E-state index contributed by atoms with van der Waals surface area (Å²) in [5, 5.41) is 4.65. The normalized spacial score (nSPS) is 13.4. The van der Waals surface area contributed by atoms with Crippen molar-refractivity contribution in [1.82, 2.24) is 4.98 Å². The Labute approximate surface area is 117 Å². The Bertz CT molecular complexity index is 701. The maximum Gasteiger partial charge on any atom is 0.149 e. The van der Waals surface area contributed by atoms with Crippen LogP contribution >= 0.6 is 11.6 Å². The van der Waals surface area contributed by atoms with Crippen molar-refractivity contribution in [2.75, 3.05) is 17.3 Å². The van der Waals surface area contributed by atoms with Gasteiger partial charge in [-0.2, -0.15) is 0 Å². The molecular formula is C13H15ClN2O2S. The fourth-order valence-corrected chi connectivity index (χ4v) is 3.22. The minimum absolute atomic E-state index is 0.0734. The molecule has 19 heavy (non-hydrogen) atoms. The van der Waals surface area contributed by atoms with E-state index in [-0.39, 0.29) is 11.8 Å². The van der Waals surface area contributed by atoms with Crippen LogP contribution in [0.5, 0.6) is 0 Å². The number of fused-ring (bicyclic) bond motifs is 1. The van der Waals surface area contributed by atoms with Crippen LogP contribution in [-0.2, 0) is 9.84 Å². The fourth-order valence-electron chi connectivity index (χ4n) is 2.02. The van der Waals surface area contributed by atoms with Gasteiger partial charge in [0.2, 0.25) is 0 Å². The molecule has 2 aromatic rings. The Balaban J connectivity index is 2.34. The second-order valence-corrected chi connectivity index (χ2v) is 7.22. The molecule has 0 aliphatic heterocycles. The first kappa shape index (κ1) is 14.1. The van der Waals surface area contributed by atoms with E-state index in [0.717, 1.165) is 16.6 Å². The molecule has 0 spiro atoms. The third-order valence-electron chi connectivity index (χ3n) is 2.67. The Morgan fingerprint density at radius 1 is 1.37 bits per heavy atom. The van der Waals surface area contributed by atoms with Crippen LogP contribution in [0.4, 0.5) is 5.69 Å². The summed E-state index contributed by atoms with van der Waals surface area (Å²) >= 11 is 6.11. The third kappa shape index (κ3) is 3.58. The molecule has 0 radical (unpaired) electrons. The molecule has 0 aliphatic rings. The molecule has 1 aromatic heterocycles. The zero-order chi connectivity index (χ0) is 14.0. The molecule has 1 atom stereocenters. The first-order valence-electron chi connectivity index (χ1n) is 5.84. The molecule has 1 heterocycles. The molecule has 6 heteroatoms. The van der Waals surface area contributed by atoms with Crippen molar-refractivity contribution in [3.8, 4) is 0 Å². The number of sulfone groups is 1. The topological polar surface area (TPSA) is 59.1 Å². The van der Waals surface area contributed by atoms with Crippen LogP contribution < -0.4 is 5.32 Å². The summed E-state index contributed by atoms with van der Waals surface area (Å²) in [6.07, 6.45) is 2.91. The summed E-state index contributed by atoms with van der Waals surface area (Å²) in [5.74, 6) is 0.0734. The van der Waals surface area contributed by atoms with E-state index in [1.807, 2.05) is 25.1 Å². The summed E-state index contributed by atoms with van der Waals surface area (Å²) in [6.45, 7) is 1.82. The summed E-state index contributed by atoms with van der Waals surface area (Å²) < 4.78 is 22.5. The molecule has 0 saturated heterocycles. The van der Waals surface area contributed by atoms with Crippen molar-refractivity contribution in [3.63, 3.8) is 0 Å². The summed E-state index contributed by atoms with van der Waals surface area (Å²) in [7, 11) is -3.01. The number of pyridine rings is 1. The lowest BCUT2D eigenvalue weighted by atomic mass is 10.2. The monoisotopic (exact) mass is 298 g/mol. The number of nitrogens with zero attached hydrogens (tertiary/aromatic N) is 1. The number of nitrogens with one attached hydrogen (secondary N) is 1. The molecule has 4 nitrogen and oxygen atoms in total. The van der Waals surface area contributed by atoms with Gasteiger partial charge in [0.15, 0.2) is 0 Å². The number of hydrogen-bond donors (Lipinski definition) is 1. The Morgan fingerprint density at radius 3 is 2.79 bits per heavy atom. The van der Waals surface area contributed by atoms with Crippen molar-refractivity contribution in [1.29, 1.82) is 0 Å². The van der Waals surface area contributed by atoms with Crippen molar-refractivity contribution in [2.24, 2.45) is 0 Å². The quantitative estimate of drug-likeness (QED) is 0.943. The van der Waals surface area contributed by atoms with Gasteiger partial charge >= 0.3 is 0 Å². The number of rotatable bonds is 4. The van der Waals surface area contributed by atoms with E-state index in [4.69, 9.17) is 11.6 Å². The van der Waals surface area contributed by atoms with Gasteiger partial charge in [0.1, 0.15) is 9.84 Å². The predicted molar refractivity (Wildman–Crippen MR) is 79.5 cm³/mol. The molecule has 0 amide bonds. The van der Waals surface area contributed by atoms with E-state index in [2.05, 4.69) is 10.3 Å². The van der Waals surface area contributed by atoms with Crippen LogP contribution in [0, 0.1) is 0 Å². The fraction of sp³-hybridized carbons (Fsp3) is 0.308. The molecule has 0 aliphatic carbocycles. The van der Waals surface area contributed by atoms with Gasteiger partial charge in [-0.1, -0.05) is 11.6 Å². The van der Waals surface area contributed by atoms with Gasteiger partial charge in [-0.15, -0.1) is 0 Å². The predicted octanol–water partition coefficient (Wildman–Crippen LogP) is 2.73. The van der Waals surface area contributed by atoms with E-state index in [1.54, 1.807) is 12.3 Å². The highest BCUT2D eigenvalue weighted by Crippen LogP contribution is 2.28. The second kappa shape index (κ2) is 5.35. The maximum atomic E-state index is 11.3. The molecule has 0 saturated carbocycles. The molecular weight excluding hydrogens is 284 g/mol. The first-order chi connectivity index (χ1) is 8.87.